The average molecular weight is 314 g/mol. The summed E-state index contributed by atoms with van der Waals surface area (Å²) in [6.45, 7) is 3.42. The number of nitrogens with one attached hydrogen (secondary N) is 1. The van der Waals surface area contributed by atoms with E-state index in [1.54, 1.807) is 6.92 Å². The Bertz CT molecular complexity index is 417. The van der Waals surface area contributed by atoms with E-state index in [0.717, 1.165) is 10.0 Å². The van der Waals surface area contributed by atoms with Crippen LogP contribution in [0.4, 0.5) is 0 Å². The van der Waals surface area contributed by atoms with Crippen molar-refractivity contribution in [3.8, 4) is 0 Å². The van der Waals surface area contributed by atoms with Crippen molar-refractivity contribution in [2.24, 2.45) is 0 Å². The maximum atomic E-state index is 11.7. The maximum Gasteiger partial charge on any atom is 0.328 e. The van der Waals surface area contributed by atoms with Gasteiger partial charge in [0.25, 0.3) is 0 Å². The van der Waals surface area contributed by atoms with Gasteiger partial charge in [-0.25, -0.2) is 4.79 Å². The van der Waals surface area contributed by atoms with Gasteiger partial charge in [0.15, 0.2) is 0 Å². The van der Waals surface area contributed by atoms with E-state index in [9.17, 15) is 9.59 Å². The molecule has 0 aliphatic rings. The van der Waals surface area contributed by atoms with Crippen LogP contribution in [0, 0.1) is 0 Å². The van der Waals surface area contributed by atoms with Crippen LogP contribution in [0.3, 0.4) is 0 Å². The summed E-state index contributed by atoms with van der Waals surface area (Å²) in [6, 6.07) is 6.95. The molecule has 4 nitrogen and oxygen atoms in total. The van der Waals surface area contributed by atoms with Gasteiger partial charge < -0.3 is 10.1 Å². The Balaban J connectivity index is 2.74. The number of halogens is 1. The molecule has 0 aliphatic heterocycles. The summed E-state index contributed by atoms with van der Waals surface area (Å²) in [4.78, 5) is 22.8. The number of hydrogen-bond donors (Lipinski definition) is 1. The van der Waals surface area contributed by atoms with E-state index in [2.05, 4.69) is 21.2 Å². The van der Waals surface area contributed by atoms with E-state index in [-0.39, 0.29) is 5.91 Å². The third kappa shape index (κ3) is 4.87. The van der Waals surface area contributed by atoms with E-state index >= 15 is 0 Å². The fraction of sp³-hybridized carbons (Fsp3) is 0.385. The number of ether oxygens (including phenoxy) is 1. The number of esters is 1. The van der Waals surface area contributed by atoms with Crippen LogP contribution in [0.1, 0.15) is 19.4 Å². The lowest BCUT2D eigenvalue weighted by molar-refractivity contribution is -0.147. The monoisotopic (exact) mass is 313 g/mol. The fourth-order valence-corrected chi connectivity index (χ4v) is 1.80. The lowest BCUT2D eigenvalue weighted by Crippen LogP contribution is -2.42. The Morgan fingerprint density at radius 2 is 1.94 bits per heavy atom. The SMILES string of the molecule is CCOC(=O)[C@@H](Cc1ccc(Br)cc1)NC(C)=O. The molecular formula is C13H16BrNO3. The van der Waals surface area contributed by atoms with Crippen molar-refractivity contribution >= 4 is 27.8 Å². The van der Waals surface area contributed by atoms with Crippen LogP contribution < -0.4 is 5.32 Å². The van der Waals surface area contributed by atoms with Gasteiger partial charge in [-0.05, 0) is 24.6 Å². The van der Waals surface area contributed by atoms with Crippen molar-refractivity contribution < 1.29 is 14.3 Å². The zero-order valence-corrected chi connectivity index (χ0v) is 12.0. The Hall–Kier alpha value is -1.36. The summed E-state index contributed by atoms with van der Waals surface area (Å²) in [7, 11) is 0. The Morgan fingerprint density at radius 1 is 1.33 bits per heavy atom. The fourth-order valence-electron chi connectivity index (χ4n) is 1.54. The van der Waals surface area contributed by atoms with E-state index in [1.165, 1.54) is 6.92 Å². The Morgan fingerprint density at radius 3 is 2.44 bits per heavy atom. The highest BCUT2D eigenvalue weighted by Crippen LogP contribution is 2.12. The largest absolute Gasteiger partial charge is 0.464 e. The Kier molecular flexibility index (Phi) is 5.85. The summed E-state index contributed by atoms with van der Waals surface area (Å²) in [5.41, 5.74) is 0.963. The molecule has 0 saturated heterocycles. The predicted molar refractivity (Wildman–Crippen MR) is 72.1 cm³/mol. The van der Waals surface area contributed by atoms with Crippen molar-refractivity contribution in [3.05, 3.63) is 34.3 Å². The third-order valence-electron chi connectivity index (χ3n) is 2.30. The second-order valence-electron chi connectivity index (χ2n) is 3.84. The van der Waals surface area contributed by atoms with Crippen molar-refractivity contribution in [3.63, 3.8) is 0 Å². The molecule has 5 heteroatoms. The number of carbonyl (C=O) groups is 2. The Labute approximate surface area is 115 Å². The van der Waals surface area contributed by atoms with Crippen LogP contribution in [-0.4, -0.2) is 24.5 Å². The molecule has 0 saturated carbocycles. The lowest BCUT2D eigenvalue weighted by atomic mass is 10.1. The highest BCUT2D eigenvalue weighted by atomic mass is 79.9. The third-order valence-corrected chi connectivity index (χ3v) is 2.83. The van der Waals surface area contributed by atoms with Gasteiger partial charge in [0.2, 0.25) is 5.91 Å². The maximum absolute atomic E-state index is 11.7. The molecule has 0 radical (unpaired) electrons. The first-order valence-electron chi connectivity index (χ1n) is 5.71. The first kappa shape index (κ1) is 14.7. The zero-order chi connectivity index (χ0) is 13.5. The number of rotatable bonds is 5. The molecule has 18 heavy (non-hydrogen) atoms. The van der Waals surface area contributed by atoms with E-state index in [0.29, 0.717) is 13.0 Å². The lowest BCUT2D eigenvalue weighted by Gasteiger charge is -2.16. The standard InChI is InChI=1S/C13H16BrNO3/c1-3-18-13(17)12(15-9(2)16)8-10-4-6-11(14)7-5-10/h4-7,12H,3,8H2,1-2H3,(H,15,16)/t12-/m1/s1. The number of hydrogen-bond acceptors (Lipinski definition) is 3. The van der Waals surface area contributed by atoms with Crippen LogP contribution in [0.5, 0.6) is 0 Å². The van der Waals surface area contributed by atoms with Gasteiger partial charge in [0, 0.05) is 17.8 Å². The summed E-state index contributed by atoms with van der Waals surface area (Å²) in [5.74, 6) is -0.652. The van der Waals surface area contributed by atoms with E-state index in [4.69, 9.17) is 4.74 Å². The topological polar surface area (TPSA) is 55.4 Å². The quantitative estimate of drug-likeness (QED) is 0.847. The second-order valence-corrected chi connectivity index (χ2v) is 4.75. The van der Waals surface area contributed by atoms with Crippen LogP contribution >= 0.6 is 15.9 Å². The predicted octanol–water partition coefficient (Wildman–Crippen LogP) is 2.06. The first-order chi connectivity index (χ1) is 8.52. The smallest absolute Gasteiger partial charge is 0.328 e. The van der Waals surface area contributed by atoms with Crippen molar-refractivity contribution in [1.82, 2.24) is 5.32 Å². The molecule has 0 spiro atoms. The van der Waals surface area contributed by atoms with Gasteiger partial charge in [-0.2, -0.15) is 0 Å². The molecule has 1 aromatic carbocycles. The minimum Gasteiger partial charge on any atom is -0.464 e. The molecule has 0 heterocycles. The summed E-state index contributed by atoms with van der Waals surface area (Å²) in [5, 5.41) is 2.60. The van der Waals surface area contributed by atoms with Gasteiger partial charge in [-0.15, -0.1) is 0 Å². The van der Waals surface area contributed by atoms with E-state index in [1.807, 2.05) is 24.3 Å². The van der Waals surface area contributed by atoms with Crippen LogP contribution in [0.2, 0.25) is 0 Å². The molecule has 1 atom stereocenters. The molecule has 1 N–H and O–H groups in total. The minimum atomic E-state index is -0.636. The van der Waals surface area contributed by atoms with Crippen molar-refractivity contribution in [2.45, 2.75) is 26.3 Å². The van der Waals surface area contributed by atoms with Crippen molar-refractivity contribution in [1.29, 1.82) is 0 Å². The normalized spacial score (nSPS) is 11.7. The highest BCUT2D eigenvalue weighted by Gasteiger charge is 2.20. The van der Waals surface area contributed by atoms with Crippen LogP contribution in [-0.2, 0) is 20.7 Å². The second kappa shape index (κ2) is 7.16. The molecule has 0 aromatic heterocycles. The van der Waals surface area contributed by atoms with Gasteiger partial charge >= 0.3 is 5.97 Å². The molecule has 0 fully saturated rings. The van der Waals surface area contributed by atoms with E-state index < -0.39 is 12.0 Å². The number of carbonyl (C=O) groups excluding carboxylic acids is 2. The van der Waals surface area contributed by atoms with Gasteiger partial charge in [-0.1, -0.05) is 28.1 Å². The molecule has 0 bridgehead atoms. The van der Waals surface area contributed by atoms with Gasteiger partial charge in [-0.3, -0.25) is 4.79 Å². The van der Waals surface area contributed by atoms with Gasteiger partial charge in [0.05, 0.1) is 6.61 Å². The van der Waals surface area contributed by atoms with Crippen LogP contribution in [0.25, 0.3) is 0 Å². The summed E-state index contributed by atoms with van der Waals surface area (Å²) in [6.07, 6.45) is 0.422. The molecule has 98 valence electrons. The molecular weight excluding hydrogens is 298 g/mol. The highest BCUT2D eigenvalue weighted by molar-refractivity contribution is 9.10. The summed E-state index contributed by atoms with van der Waals surface area (Å²) < 4.78 is 5.91. The van der Waals surface area contributed by atoms with Crippen molar-refractivity contribution in [2.75, 3.05) is 6.61 Å². The summed E-state index contributed by atoms with van der Waals surface area (Å²) >= 11 is 3.34. The molecule has 0 unspecified atom stereocenters. The molecule has 1 rings (SSSR count). The minimum absolute atomic E-state index is 0.245. The van der Waals surface area contributed by atoms with Crippen LogP contribution in [0.15, 0.2) is 28.7 Å². The molecule has 0 aliphatic carbocycles. The zero-order valence-electron chi connectivity index (χ0n) is 10.4. The number of amides is 1. The molecule has 1 aromatic rings. The van der Waals surface area contributed by atoms with Gasteiger partial charge in [0.1, 0.15) is 6.04 Å². The first-order valence-corrected chi connectivity index (χ1v) is 6.50. The average Bonchev–Trinajstić information content (AvgIpc) is 2.31. The number of benzene rings is 1. The molecule has 1 amide bonds.